The standard InChI is InChI=1S/C14H18ClN3S/c15-7-8-18(12-4-2-1-3-5-12)14-16-10-11-6-9-19-13(11)17-14/h6,9-10,12H,1-5,7-8H2. The van der Waals surface area contributed by atoms with E-state index in [-0.39, 0.29) is 0 Å². The molecule has 0 saturated heterocycles. The summed E-state index contributed by atoms with van der Waals surface area (Å²) in [7, 11) is 0. The molecule has 0 bridgehead atoms. The van der Waals surface area contributed by atoms with Gasteiger partial charge in [-0.2, -0.15) is 0 Å². The fourth-order valence-electron chi connectivity index (χ4n) is 2.82. The first-order valence-corrected chi connectivity index (χ1v) is 8.33. The molecule has 102 valence electrons. The Bertz CT molecular complexity index is 536. The Balaban J connectivity index is 1.88. The summed E-state index contributed by atoms with van der Waals surface area (Å²) in [4.78, 5) is 12.6. The number of aromatic nitrogens is 2. The molecule has 2 aromatic rings. The SMILES string of the molecule is ClCCN(c1ncc2ccsc2n1)C1CCCCC1. The molecule has 0 unspecified atom stereocenters. The van der Waals surface area contributed by atoms with Crippen LogP contribution in [0.5, 0.6) is 0 Å². The molecule has 3 rings (SSSR count). The molecule has 1 aliphatic rings. The highest BCUT2D eigenvalue weighted by Crippen LogP contribution is 2.27. The van der Waals surface area contributed by atoms with Gasteiger partial charge < -0.3 is 4.90 Å². The Kier molecular flexibility index (Phi) is 4.18. The maximum Gasteiger partial charge on any atom is 0.226 e. The van der Waals surface area contributed by atoms with E-state index in [2.05, 4.69) is 21.3 Å². The number of alkyl halides is 1. The van der Waals surface area contributed by atoms with Crippen LogP contribution >= 0.6 is 22.9 Å². The van der Waals surface area contributed by atoms with Gasteiger partial charge in [-0.05, 0) is 24.3 Å². The van der Waals surface area contributed by atoms with E-state index >= 15 is 0 Å². The number of thiophene rings is 1. The highest BCUT2D eigenvalue weighted by atomic mass is 35.5. The van der Waals surface area contributed by atoms with E-state index in [0.717, 1.165) is 22.7 Å². The van der Waals surface area contributed by atoms with Crippen LogP contribution in [0.1, 0.15) is 32.1 Å². The molecule has 0 atom stereocenters. The van der Waals surface area contributed by atoms with Crippen molar-refractivity contribution in [2.75, 3.05) is 17.3 Å². The van der Waals surface area contributed by atoms with Gasteiger partial charge in [-0.25, -0.2) is 9.97 Å². The minimum Gasteiger partial charge on any atom is -0.337 e. The molecule has 1 aliphatic carbocycles. The fourth-order valence-corrected chi connectivity index (χ4v) is 3.73. The quantitative estimate of drug-likeness (QED) is 0.796. The Morgan fingerprint density at radius 2 is 2.16 bits per heavy atom. The minimum atomic E-state index is 0.560. The molecule has 0 radical (unpaired) electrons. The van der Waals surface area contributed by atoms with Crippen LogP contribution in [0.4, 0.5) is 5.95 Å². The first kappa shape index (κ1) is 13.1. The lowest BCUT2D eigenvalue weighted by molar-refractivity contribution is 0.415. The molecule has 1 fully saturated rings. The predicted molar refractivity (Wildman–Crippen MR) is 82.4 cm³/mol. The monoisotopic (exact) mass is 295 g/mol. The van der Waals surface area contributed by atoms with Crippen LogP contribution in [0, 0.1) is 0 Å². The van der Waals surface area contributed by atoms with Gasteiger partial charge in [0.2, 0.25) is 5.95 Å². The van der Waals surface area contributed by atoms with Crippen molar-refractivity contribution in [1.82, 2.24) is 9.97 Å². The van der Waals surface area contributed by atoms with Crippen LogP contribution in [0.25, 0.3) is 10.2 Å². The maximum atomic E-state index is 5.97. The van der Waals surface area contributed by atoms with Crippen LogP contribution in [0.2, 0.25) is 0 Å². The Hall–Kier alpha value is -0.870. The van der Waals surface area contributed by atoms with Gasteiger partial charge in [-0.1, -0.05) is 19.3 Å². The van der Waals surface area contributed by atoms with Crippen LogP contribution in [0.15, 0.2) is 17.6 Å². The number of nitrogens with zero attached hydrogens (tertiary/aromatic N) is 3. The van der Waals surface area contributed by atoms with Crippen LogP contribution in [-0.4, -0.2) is 28.4 Å². The van der Waals surface area contributed by atoms with Gasteiger partial charge in [-0.15, -0.1) is 22.9 Å². The number of hydrogen-bond acceptors (Lipinski definition) is 4. The summed E-state index contributed by atoms with van der Waals surface area (Å²) < 4.78 is 0. The molecular weight excluding hydrogens is 278 g/mol. The van der Waals surface area contributed by atoms with Crippen molar-refractivity contribution in [3.05, 3.63) is 17.6 Å². The maximum absolute atomic E-state index is 5.97. The van der Waals surface area contributed by atoms with E-state index in [1.54, 1.807) is 11.3 Å². The van der Waals surface area contributed by atoms with Crippen molar-refractivity contribution in [2.24, 2.45) is 0 Å². The van der Waals surface area contributed by atoms with E-state index in [1.165, 1.54) is 32.1 Å². The van der Waals surface area contributed by atoms with E-state index in [4.69, 9.17) is 16.6 Å². The number of fused-ring (bicyclic) bond motifs is 1. The molecule has 5 heteroatoms. The summed E-state index contributed by atoms with van der Waals surface area (Å²) in [5.74, 6) is 1.48. The lowest BCUT2D eigenvalue weighted by atomic mass is 9.94. The van der Waals surface area contributed by atoms with Gasteiger partial charge in [-0.3, -0.25) is 0 Å². The number of anilines is 1. The zero-order chi connectivity index (χ0) is 13.1. The van der Waals surface area contributed by atoms with Crippen LogP contribution in [0.3, 0.4) is 0 Å². The van der Waals surface area contributed by atoms with Crippen molar-refractivity contribution in [3.8, 4) is 0 Å². The number of halogens is 1. The largest absolute Gasteiger partial charge is 0.337 e. The van der Waals surface area contributed by atoms with E-state index < -0.39 is 0 Å². The molecule has 3 nitrogen and oxygen atoms in total. The van der Waals surface area contributed by atoms with Crippen molar-refractivity contribution < 1.29 is 0 Å². The lowest BCUT2D eigenvalue weighted by Gasteiger charge is -2.33. The summed E-state index contributed by atoms with van der Waals surface area (Å²) in [6, 6.07) is 2.63. The van der Waals surface area contributed by atoms with Crippen molar-refractivity contribution in [1.29, 1.82) is 0 Å². The normalized spacial score (nSPS) is 16.9. The van der Waals surface area contributed by atoms with Gasteiger partial charge in [0.15, 0.2) is 0 Å². The molecule has 0 N–H and O–H groups in total. The van der Waals surface area contributed by atoms with Gasteiger partial charge in [0.25, 0.3) is 0 Å². The fraction of sp³-hybridized carbons (Fsp3) is 0.571. The topological polar surface area (TPSA) is 29.0 Å². The van der Waals surface area contributed by atoms with E-state index in [1.807, 2.05) is 6.20 Å². The smallest absolute Gasteiger partial charge is 0.226 e. The Morgan fingerprint density at radius 1 is 1.32 bits per heavy atom. The van der Waals surface area contributed by atoms with Gasteiger partial charge in [0, 0.05) is 30.0 Å². The zero-order valence-corrected chi connectivity index (χ0v) is 12.5. The molecule has 0 amide bonds. The number of rotatable bonds is 4. The Labute approximate surface area is 122 Å². The second kappa shape index (κ2) is 6.06. The highest BCUT2D eigenvalue weighted by Gasteiger charge is 2.23. The van der Waals surface area contributed by atoms with Crippen molar-refractivity contribution in [2.45, 2.75) is 38.1 Å². The zero-order valence-electron chi connectivity index (χ0n) is 10.9. The molecule has 0 spiro atoms. The minimum absolute atomic E-state index is 0.560. The lowest BCUT2D eigenvalue weighted by Crippen LogP contribution is -2.39. The van der Waals surface area contributed by atoms with Crippen molar-refractivity contribution >= 4 is 39.1 Å². The molecular formula is C14H18ClN3S. The predicted octanol–water partition coefficient (Wildman–Crippen LogP) is 4.07. The van der Waals surface area contributed by atoms with Crippen LogP contribution in [-0.2, 0) is 0 Å². The van der Waals surface area contributed by atoms with Crippen LogP contribution < -0.4 is 4.90 Å². The molecule has 2 aromatic heterocycles. The van der Waals surface area contributed by atoms with E-state index in [9.17, 15) is 0 Å². The van der Waals surface area contributed by atoms with E-state index in [0.29, 0.717) is 11.9 Å². The third-order valence-electron chi connectivity index (χ3n) is 3.79. The van der Waals surface area contributed by atoms with Gasteiger partial charge in [0.1, 0.15) is 4.83 Å². The average Bonchev–Trinajstić information content (AvgIpc) is 2.93. The van der Waals surface area contributed by atoms with Gasteiger partial charge in [0.05, 0.1) is 0 Å². The second-order valence-corrected chi connectivity index (χ2v) is 6.30. The second-order valence-electron chi connectivity index (χ2n) is 5.03. The molecule has 0 aromatic carbocycles. The summed E-state index contributed by atoms with van der Waals surface area (Å²) in [6.45, 7) is 0.836. The summed E-state index contributed by atoms with van der Waals surface area (Å²) in [5, 5.41) is 3.19. The summed E-state index contributed by atoms with van der Waals surface area (Å²) in [5.41, 5.74) is 0. The van der Waals surface area contributed by atoms with Gasteiger partial charge >= 0.3 is 0 Å². The summed E-state index contributed by atoms with van der Waals surface area (Å²) in [6.07, 6.45) is 8.38. The molecule has 2 heterocycles. The molecule has 19 heavy (non-hydrogen) atoms. The number of hydrogen-bond donors (Lipinski definition) is 0. The highest BCUT2D eigenvalue weighted by molar-refractivity contribution is 7.16. The molecule has 1 saturated carbocycles. The van der Waals surface area contributed by atoms with Crippen molar-refractivity contribution in [3.63, 3.8) is 0 Å². The third kappa shape index (κ3) is 2.84. The summed E-state index contributed by atoms with van der Waals surface area (Å²) >= 11 is 7.64. The Morgan fingerprint density at radius 3 is 2.95 bits per heavy atom. The first-order chi connectivity index (χ1) is 9.38. The third-order valence-corrected chi connectivity index (χ3v) is 4.78. The average molecular weight is 296 g/mol. The molecule has 0 aliphatic heterocycles. The first-order valence-electron chi connectivity index (χ1n) is 6.91.